The molecule has 0 amide bonds. The lowest BCUT2D eigenvalue weighted by Crippen LogP contribution is -2.26. The Hall–Kier alpha value is -5.08. The van der Waals surface area contributed by atoms with E-state index in [1.54, 1.807) is 0 Å². The summed E-state index contributed by atoms with van der Waals surface area (Å²) in [6.07, 6.45) is 17.8. The van der Waals surface area contributed by atoms with Crippen LogP contribution < -0.4 is 9.80 Å². The van der Waals surface area contributed by atoms with Crippen molar-refractivity contribution in [3.63, 3.8) is 0 Å². The average Bonchev–Trinajstić information content (AvgIpc) is 3.59. The van der Waals surface area contributed by atoms with Gasteiger partial charge in [-0.1, -0.05) is 235 Å². The first-order valence-corrected chi connectivity index (χ1v) is 28.0. The van der Waals surface area contributed by atoms with E-state index in [-0.39, 0.29) is 27.1 Å². The highest BCUT2D eigenvalue weighted by Gasteiger charge is 2.43. The van der Waals surface area contributed by atoms with Gasteiger partial charge < -0.3 is 9.80 Å². The summed E-state index contributed by atoms with van der Waals surface area (Å²) in [5.41, 5.74) is 18.7. The number of unbranched alkanes of at least 4 members (excludes halogenated alkanes) is 10. The van der Waals surface area contributed by atoms with E-state index < -0.39 is 0 Å². The molecule has 0 spiro atoms. The summed E-state index contributed by atoms with van der Waals surface area (Å²) in [4.78, 5) is 5.05. The molecule has 0 aliphatic heterocycles. The normalized spacial score (nSPS) is 13.5. The zero-order valence-electron chi connectivity index (χ0n) is 47.0. The first-order valence-electron chi connectivity index (χ1n) is 28.0. The molecule has 2 heteroatoms. The van der Waals surface area contributed by atoms with Crippen molar-refractivity contribution >= 4 is 34.1 Å². The largest absolute Gasteiger partial charge is 0.310 e. The van der Waals surface area contributed by atoms with Gasteiger partial charge in [-0.15, -0.1) is 0 Å². The Morgan fingerprint density at radius 1 is 0.296 bits per heavy atom. The van der Waals surface area contributed by atoms with Crippen molar-refractivity contribution in [3.05, 3.63) is 167 Å². The molecular formula is C69H92N2. The molecule has 71 heavy (non-hydrogen) atoms. The number of fused-ring (bicyclic) bond motifs is 3. The third-order valence-corrected chi connectivity index (χ3v) is 15.7. The summed E-state index contributed by atoms with van der Waals surface area (Å²) >= 11 is 0. The van der Waals surface area contributed by atoms with Gasteiger partial charge in [0.05, 0.1) is 0 Å². The van der Waals surface area contributed by atoms with Gasteiger partial charge in [0.25, 0.3) is 0 Å². The second kappa shape index (κ2) is 22.4. The highest BCUT2D eigenvalue weighted by molar-refractivity contribution is 5.88. The SMILES string of the molecule is CCCCCCCCC1(CCCCCCCC)c2cc(N(c3ccc(C(C)(C)C)cc3)c3ccc(C(C)(C)C)cc3)ccc2-c2ccc(N(c3ccc(C(C)(C)C)cc3)c3ccc(C(C)(C)C)cc3)cc21. The molecule has 0 saturated carbocycles. The molecule has 0 bridgehead atoms. The van der Waals surface area contributed by atoms with E-state index in [1.807, 2.05) is 0 Å². The molecule has 0 aromatic heterocycles. The van der Waals surface area contributed by atoms with Crippen LogP contribution in [0.2, 0.25) is 0 Å². The summed E-state index contributed by atoms with van der Waals surface area (Å²) in [6, 6.07) is 52.6. The smallest absolute Gasteiger partial charge is 0.0465 e. The Kier molecular flexibility index (Phi) is 16.9. The Morgan fingerprint density at radius 2 is 0.535 bits per heavy atom. The first kappa shape index (κ1) is 53.7. The zero-order valence-corrected chi connectivity index (χ0v) is 47.0. The second-order valence-corrected chi connectivity index (χ2v) is 25.4. The van der Waals surface area contributed by atoms with Gasteiger partial charge in [0.1, 0.15) is 0 Å². The van der Waals surface area contributed by atoms with E-state index in [0.29, 0.717) is 0 Å². The topological polar surface area (TPSA) is 6.48 Å². The van der Waals surface area contributed by atoms with Gasteiger partial charge in [-0.05, 0) is 152 Å². The molecule has 0 heterocycles. The van der Waals surface area contributed by atoms with Crippen LogP contribution in [0.25, 0.3) is 11.1 Å². The van der Waals surface area contributed by atoms with E-state index in [0.717, 1.165) is 12.8 Å². The second-order valence-electron chi connectivity index (χ2n) is 25.4. The number of hydrogen-bond donors (Lipinski definition) is 0. The number of hydrogen-bond acceptors (Lipinski definition) is 2. The maximum Gasteiger partial charge on any atom is 0.0465 e. The molecule has 0 fully saturated rings. The van der Waals surface area contributed by atoms with Gasteiger partial charge in [0, 0.05) is 39.5 Å². The van der Waals surface area contributed by atoms with Crippen LogP contribution in [0.4, 0.5) is 34.1 Å². The van der Waals surface area contributed by atoms with Crippen molar-refractivity contribution in [2.45, 2.75) is 214 Å². The lowest BCUT2D eigenvalue weighted by atomic mass is 9.70. The highest BCUT2D eigenvalue weighted by atomic mass is 15.1. The molecule has 0 saturated heterocycles. The minimum atomic E-state index is -0.123. The summed E-state index contributed by atoms with van der Waals surface area (Å²) < 4.78 is 0. The summed E-state index contributed by atoms with van der Waals surface area (Å²) in [5, 5.41) is 0. The summed E-state index contributed by atoms with van der Waals surface area (Å²) in [6.45, 7) is 32.4. The molecule has 6 aromatic rings. The zero-order chi connectivity index (χ0) is 51.2. The highest BCUT2D eigenvalue weighted by Crippen LogP contribution is 2.57. The number of anilines is 6. The Labute approximate surface area is 433 Å². The third-order valence-electron chi connectivity index (χ3n) is 15.7. The van der Waals surface area contributed by atoms with Crippen molar-refractivity contribution in [1.82, 2.24) is 0 Å². The summed E-state index contributed by atoms with van der Waals surface area (Å²) in [5.74, 6) is 0. The van der Waals surface area contributed by atoms with E-state index >= 15 is 0 Å². The monoisotopic (exact) mass is 949 g/mol. The van der Waals surface area contributed by atoms with Gasteiger partial charge in [-0.25, -0.2) is 0 Å². The fourth-order valence-corrected chi connectivity index (χ4v) is 11.2. The van der Waals surface area contributed by atoms with E-state index in [9.17, 15) is 0 Å². The average molecular weight is 950 g/mol. The molecular weight excluding hydrogens is 857 g/mol. The molecule has 1 aliphatic carbocycles. The Morgan fingerprint density at radius 3 is 0.789 bits per heavy atom. The van der Waals surface area contributed by atoms with Crippen LogP contribution in [0.15, 0.2) is 133 Å². The molecule has 6 aromatic carbocycles. The molecule has 2 nitrogen and oxygen atoms in total. The molecule has 378 valence electrons. The van der Waals surface area contributed by atoms with Crippen LogP contribution in [0.1, 0.15) is 220 Å². The third kappa shape index (κ3) is 12.6. The Balaban J connectivity index is 1.43. The van der Waals surface area contributed by atoms with Crippen molar-refractivity contribution in [2.75, 3.05) is 9.80 Å². The van der Waals surface area contributed by atoms with Gasteiger partial charge in [0.2, 0.25) is 0 Å². The van der Waals surface area contributed by atoms with Gasteiger partial charge in [-0.2, -0.15) is 0 Å². The number of benzene rings is 6. The molecule has 0 radical (unpaired) electrons. The van der Waals surface area contributed by atoms with Gasteiger partial charge in [0.15, 0.2) is 0 Å². The van der Waals surface area contributed by atoms with Crippen molar-refractivity contribution in [1.29, 1.82) is 0 Å². The van der Waals surface area contributed by atoms with Gasteiger partial charge in [-0.3, -0.25) is 0 Å². The van der Waals surface area contributed by atoms with Crippen LogP contribution >= 0.6 is 0 Å². The van der Waals surface area contributed by atoms with E-state index in [2.05, 4.69) is 240 Å². The molecule has 1 aliphatic rings. The first-order chi connectivity index (χ1) is 33.7. The predicted molar refractivity (Wildman–Crippen MR) is 313 cm³/mol. The van der Waals surface area contributed by atoms with Crippen LogP contribution in [0.3, 0.4) is 0 Å². The predicted octanol–water partition coefficient (Wildman–Crippen LogP) is 21.6. The lowest BCUT2D eigenvalue weighted by Gasteiger charge is -2.35. The van der Waals surface area contributed by atoms with Crippen molar-refractivity contribution in [3.8, 4) is 11.1 Å². The number of nitrogens with zero attached hydrogens (tertiary/aromatic N) is 2. The van der Waals surface area contributed by atoms with Crippen LogP contribution in [0, 0.1) is 0 Å². The molecule has 0 unspecified atom stereocenters. The standard InChI is InChI=1S/C69H92N2/c1-15-17-19-21-23-25-47-69(48-26-24-22-20-18-16-2)63-49-59(70(55-35-27-51(28-36-55)65(3,4)5)56-37-29-52(30-38-56)66(6,7)8)43-45-61(63)62-46-44-60(50-64(62)69)71(57-39-31-53(32-40-57)67(9,10)11)58-41-33-54(34-42-58)68(12,13)14/h27-46,49-50H,15-26,47-48H2,1-14H3. The minimum absolute atomic E-state index is 0.0733. The van der Waals surface area contributed by atoms with Crippen LogP contribution in [-0.2, 0) is 27.1 Å². The lowest BCUT2D eigenvalue weighted by molar-refractivity contribution is 0.398. The van der Waals surface area contributed by atoms with Crippen LogP contribution in [0.5, 0.6) is 0 Å². The maximum absolute atomic E-state index is 2.63. The van der Waals surface area contributed by atoms with Gasteiger partial charge >= 0.3 is 0 Å². The van der Waals surface area contributed by atoms with Crippen LogP contribution in [-0.4, -0.2) is 0 Å². The molecule has 7 rings (SSSR count). The fraction of sp³-hybridized carbons (Fsp3) is 0.478. The quantitative estimate of drug-likeness (QED) is 0.0704. The Bertz CT molecular complexity index is 2320. The van der Waals surface area contributed by atoms with Crippen molar-refractivity contribution in [2.24, 2.45) is 0 Å². The van der Waals surface area contributed by atoms with E-state index in [1.165, 1.54) is 156 Å². The molecule has 0 atom stereocenters. The fourth-order valence-electron chi connectivity index (χ4n) is 11.2. The van der Waals surface area contributed by atoms with E-state index in [4.69, 9.17) is 0 Å². The maximum atomic E-state index is 2.63. The molecule has 0 N–H and O–H groups in total. The number of rotatable bonds is 20. The minimum Gasteiger partial charge on any atom is -0.310 e. The van der Waals surface area contributed by atoms with Crippen molar-refractivity contribution < 1.29 is 0 Å². The summed E-state index contributed by atoms with van der Waals surface area (Å²) in [7, 11) is 0.